The maximum Gasteiger partial charge on any atom is 0.0314 e. The molecule has 0 fully saturated rings. The first-order valence-electron chi connectivity index (χ1n) is 3.96. The number of thiophene rings is 1. The highest BCUT2D eigenvalue weighted by molar-refractivity contribution is 9.10. The van der Waals surface area contributed by atoms with Gasteiger partial charge >= 0.3 is 0 Å². The van der Waals surface area contributed by atoms with E-state index >= 15 is 0 Å². The maximum absolute atomic E-state index is 5.39. The Morgan fingerprint density at radius 2 is 2.50 bits per heavy atom. The number of nitrogens with two attached hydrogens (primary N) is 1. The summed E-state index contributed by atoms with van der Waals surface area (Å²) in [6.07, 6.45) is 2.06. The Kier molecular flexibility index (Phi) is 4.21. The fraction of sp³-hybridized carbons (Fsp3) is 0.500. The highest BCUT2D eigenvalue weighted by atomic mass is 79.9. The van der Waals surface area contributed by atoms with E-state index in [1.807, 2.05) is 0 Å². The molecule has 0 aliphatic carbocycles. The molecule has 1 rings (SSSR count). The number of hydrazine groups is 1. The minimum absolute atomic E-state index is 0.389. The SMILES string of the molecule is CCC(Cc1sccc1Br)NN. The quantitative estimate of drug-likeness (QED) is 0.634. The highest BCUT2D eigenvalue weighted by Gasteiger charge is 2.08. The van der Waals surface area contributed by atoms with Crippen LogP contribution >= 0.6 is 27.3 Å². The van der Waals surface area contributed by atoms with Crippen molar-refractivity contribution in [3.05, 3.63) is 20.8 Å². The Balaban J connectivity index is 2.56. The lowest BCUT2D eigenvalue weighted by Gasteiger charge is -2.11. The molecule has 2 nitrogen and oxygen atoms in total. The van der Waals surface area contributed by atoms with E-state index in [2.05, 4.69) is 39.7 Å². The van der Waals surface area contributed by atoms with Gasteiger partial charge in [0, 0.05) is 15.4 Å². The Morgan fingerprint density at radius 3 is 2.92 bits per heavy atom. The molecule has 0 saturated heterocycles. The monoisotopic (exact) mass is 248 g/mol. The third-order valence-corrected chi connectivity index (χ3v) is 3.80. The minimum atomic E-state index is 0.389. The van der Waals surface area contributed by atoms with Crippen LogP contribution < -0.4 is 11.3 Å². The third-order valence-electron chi connectivity index (χ3n) is 1.85. The predicted molar refractivity (Wildman–Crippen MR) is 57.1 cm³/mol. The lowest BCUT2D eigenvalue weighted by atomic mass is 10.1. The van der Waals surface area contributed by atoms with Gasteiger partial charge in [0.05, 0.1) is 0 Å². The van der Waals surface area contributed by atoms with Crippen molar-refractivity contribution in [2.75, 3.05) is 0 Å². The molecule has 3 N–H and O–H groups in total. The smallest absolute Gasteiger partial charge is 0.0314 e. The van der Waals surface area contributed by atoms with Gasteiger partial charge in [0.1, 0.15) is 0 Å². The van der Waals surface area contributed by atoms with E-state index in [1.54, 1.807) is 11.3 Å². The highest BCUT2D eigenvalue weighted by Crippen LogP contribution is 2.24. The van der Waals surface area contributed by atoms with Gasteiger partial charge in [-0.15, -0.1) is 11.3 Å². The molecule has 1 atom stereocenters. The van der Waals surface area contributed by atoms with Crippen LogP contribution in [0.25, 0.3) is 0 Å². The second-order valence-corrected chi connectivity index (χ2v) is 4.52. The van der Waals surface area contributed by atoms with E-state index in [1.165, 1.54) is 9.35 Å². The van der Waals surface area contributed by atoms with Crippen molar-refractivity contribution in [3.63, 3.8) is 0 Å². The van der Waals surface area contributed by atoms with Gasteiger partial charge in [-0.05, 0) is 40.2 Å². The number of nitrogens with one attached hydrogen (secondary N) is 1. The van der Waals surface area contributed by atoms with Gasteiger partial charge in [0.25, 0.3) is 0 Å². The molecule has 1 aromatic heterocycles. The molecule has 0 radical (unpaired) electrons. The van der Waals surface area contributed by atoms with Crippen LogP contribution in [0.1, 0.15) is 18.2 Å². The minimum Gasteiger partial charge on any atom is -0.271 e. The van der Waals surface area contributed by atoms with Gasteiger partial charge in [0.2, 0.25) is 0 Å². The second-order valence-electron chi connectivity index (χ2n) is 2.67. The Morgan fingerprint density at radius 1 is 1.75 bits per heavy atom. The number of hydrogen-bond acceptors (Lipinski definition) is 3. The summed E-state index contributed by atoms with van der Waals surface area (Å²) in [5, 5.41) is 2.09. The summed E-state index contributed by atoms with van der Waals surface area (Å²) in [7, 11) is 0. The van der Waals surface area contributed by atoms with Crippen LogP contribution in [0.2, 0.25) is 0 Å². The van der Waals surface area contributed by atoms with Gasteiger partial charge in [-0.1, -0.05) is 6.92 Å². The zero-order valence-electron chi connectivity index (χ0n) is 7.01. The van der Waals surface area contributed by atoms with Crippen LogP contribution in [-0.4, -0.2) is 6.04 Å². The summed E-state index contributed by atoms with van der Waals surface area (Å²) in [6.45, 7) is 2.13. The largest absolute Gasteiger partial charge is 0.271 e. The van der Waals surface area contributed by atoms with Gasteiger partial charge in [0.15, 0.2) is 0 Å². The molecular formula is C8H13BrN2S. The van der Waals surface area contributed by atoms with Crippen molar-refractivity contribution >= 4 is 27.3 Å². The molecule has 12 heavy (non-hydrogen) atoms. The summed E-state index contributed by atoms with van der Waals surface area (Å²) in [5.74, 6) is 5.39. The molecular weight excluding hydrogens is 236 g/mol. The first-order chi connectivity index (χ1) is 5.77. The Bertz CT molecular complexity index is 233. The molecule has 0 aliphatic rings. The van der Waals surface area contributed by atoms with Crippen LogP contribution in [0.4, 0.5) is 0 Å². The van der Waals surface area contributed by atoms with Gasteiger partial charge < -0.3 is 0 Å². The van der Waals surface area contributed by atoms with Crippen LogP contribution in [0, 0.1) is 0 Å². The number of rotatable bonds is 4. The first-order valence-corrected chi connectivity index (χ1v) is 5.63. The van der Waals surface area contributed by atoms with E-state index in [9.17, 15) is 0 Å². The molecule has 0 bridgehead atoms. The van der Waals surface area contributed by atoms with E-state index in [0.29, 0.717) is 6.04 Å². The molecule has 0 saturated carbocycles. The third kappa shape index (κ3) is 2.55. The van der Waals surface area contributed by atoms with E-state index < -0.39 is 0 Å². The van der Waals surface area contributed by atoms with E-state index in [-0.39, 0.29) is 0 Å². The molecule has 0 aromatic carbocycles. The lowest BCUT2D eigenvalue weighted by molar-refractivity contribution is 0.513. The maximum atomic E-state index is 5.39. The van der Waals surface area contributed by atoms with Crippen molar-refractivity contribution in [2.24, 2.45) is 5.84 Å². The summed E-state index contributed by atoms with van der Waals surface area (Å²) in [5.41, 5.74) is 2.80. The molecule has 0 spiro atoms. The Labute approximate surface area is 85.3 Å². The van der Waals surface area contributed by atoms with Gasteiger partial charge in [-0.25, -0.2) is 0 Å². The molecule has 0 aliphatic heterocycles. The number of hydrogen-bond donors (Lipinski definition) is 2. The normalized spacial score (nSPS) is 13.2. The molecule has 1 aromatic rings. The van der Waals surface area contributed by atoms with Crippen LogP contribution in [0.5, 0.6) is 0 Å². The molecule has 68 valence electrons. The van der Waals surface area contributed by atoms with Gasteiger partial charge in [-0.3, -0.25) is 11.3 Å². The fourth-order valence-electron chi connectivity index (χ4n) is 1.02. The predicted octanol–water partition coefficient (Wildman–Crippen LogP) is 2.29. The number of halogens is 1. The van der Waals surface area contributed by atoms with Crippen LogP contribution in [0.15, 0.2) is 15.9 Å². The summed E-state index contributed by atoms with van der Waals surface area (Å²) in [4.78, 5) is 1.36. The zero-order chi connectivity index (χ0) is 8.97. The average molecular weight is 249 g/mol. The van der Waals surface area contributed by atoms with E-state index in [0.717, 1.165) is 12.8 Å². The fourth-order valence-corrected chi connectivity index (χ4v) is 2.61. The van der Waals surface area contributed by atoms with Crippen molar-refractivity contribution in [2.45, 2.75) is 25.8 Å². The van der Waals surface area contributed by atoms with Crippen molar-refractivity contribution in [1.29, 1.82) is 0 Å². The van der Waals surface area contributed by atoms with Crippen LogP contribution in [-0.2, 0) is 6.42 Å². The van der Waals surface area contributed by atoms with E-state index in [4.69, 9.17) is 5.84 Å². The van der Waals surface area contributed by atoms with Crippen molar-refractivity contribution in [3.8, 4) is 0 Å². The van der Waals surface area contributed by atoms with Crippen LogP contribution in [0.3, 0.4) is 0 Å². The molecule has 0 amide bonds. The van der Waals surface area contributed by atoms with Gasteiger partial charge in [-0.2, -0.15) is 0 Å². The molecule has 1 heterocycles. The summed E-state index contributed by atoms with van der Waals surface area (Å²) >= 11 is 5.26. The standard InChI is InChI=1S/C8H13BrN2S/c1-2-6(11-10)5-8-7(9)3-4-12-8/h3-4,6,11H,2,5,10H2,1H3. The zero-order valence-corrected chi connectivity index (χ0v) is 9.41. The molecule has 4 heteroatoms. The van der Waals surface area contributed by atoms with Crippen molar-refractivity contribution in [1.82, 2.24) is 5.43 Å². The summed E-state index contributed by atoms with van der Waals surface area (Å²) in [6, 6.07) is 2.46. The Hall–Kier alpha value is 0.1000. The first kappa shape index (κ1) is 10.2. The second kappa shape index (κ2) is 4.97. The lowest BCUT2D eigenvalue weighted by Crippen LogP contribution is -2.35. The molecule has 1 unspecified atom stereocenters. The average Bonchev–Trinajstić information content (AvgIpc) is 2.47. The summed E-state index contributed by atoms with van der Waals surface area (Å²) < 4.78 is 1.20. The van der Waals surface area contributed by atoms with Crippen molar-refractivity contribution < 1.29 is 0 Å². The topological polar surface area (TPSA) is 38.0 Å².